The predicted molar refractivity (Wildman–Crippen MR) is 77.3 cm³/mol. The van der Waals surface area contributed by atoms with E-state index in [-0.39, 0.29) is 11.2 Å². The van der Waals surface area contributed by atoms with Crippen LogP contribution in [0.4, 0.5) is 4.39 Å². The van der Waals surface area contributed by atoms with Crippen LogP contribution >= 0.6 is 27.5 Å². The van der Waals surface area contributed by atoms with Crippen molar-refractivity contribution >= 4 is 38.6 Å². The van der Waals surface area contributed by atoms with Crippen LogP contribution in [0.25, 0.3) is 11.0 Å². The molecular weight excluding hydrogens is 349 g/mol. The molecule has 0 saturated carbocycles. The summed E-state index contributed by atoms with van der Waals surface area (Å²) < 4.78 is 21.1. The van der Waals surface area contributed by atoms with E-state index in [1.165, 1.54) is 6.07 Å². The van der Waals surface area contributed by atoms with Crippen molar-refractivity contribution in [2.24, 2.45) is 0 Å². The number of fused-ring (bicyclic) bond motifs is 1. The van der Waals surface area contributed by atoms with E-state index in [2.05, 4.69) is 26.1 Å². The minimum atomic E-state index is -0.343. The molecule has 4 nitrogen and oxygen atoms in total. The van der Waals surface area contributed by atoms with Gasteiger partial charge in [-0.25, -0.2) is 9.37 Å². The number of benzene rings is 1. The Hall–Kier alpha value is -1.40. The predicted octanol–water partition coefficient (Wildman–Crippen LogP) is 4.27. The Morgan fingerprint density at radius 2 is 2.30 bits per heavy atom. The minimum Gasteiger partial charge on any atom is -0.359 e. The minimum absolute atomic E-state index is 0.299. The molecule has 1 aromatic carbocycles. The van der Waals surface area contributed by atoms with Gasteiger partial charge in [0.05, 0.1) is 33.6 Å². The van der Waals surface area contributed by atoms with Crippen LogP contribution in [0.3, 0.4) is 0 Å². The summed E-state index contributed by atoms with van der Waals surface area (Å²) in [6.07, 6.45) is 1.56. The standard InChI is InChI=1S/C13H10BrClFN3O/c1-7(15)13-18-11-4-9(14)10(16)5-12(11)19(13)6-8-2-3-17-20-8/h2-5,7H,6H2,1H3. The third kappa shape index (κ3) is 2.33. The molecule has 0 aliphatic carbocycles. The van der Waals surface area contributed by atoms with Crippen LogP contribution in [0.15, 0.2) is 33.4 Å². The molecular formula is C13H10BrClFN3O. The van der Waals surface area contributed by atoms with Gasteiger partial charge in [-0.2, -0.15) is 0 Å². The van der Waals surface area contributed by atoms with Gasteiger partial charge < -0.3 is 9.09 Å². The lowest BCUT2D eigenvalue weighted by atomic mass is 10.3. The van der Waals surface area contributed by atoms with Gasteiger partial charge in [0.1, 0.15) is 11.6 Å². The molecule has 2 heterocycles. The fourth-order valence-corrected chi connectivity index (χ4v) is 2.59. The third-order valence-corrected chi connectivity index (χ3v) is 3.78. The molecule has 0 saturated heterocycles. The van der Waals surface area contributed by atoms with E-state index >= 15 is 0 Å². The zero-order valence-electron chi connectivity index (χ0n) is 10.5. The number of nitrogens with zero attached hydrogens (tertiary/aromatic N) is 3. The van der Waals surface area contributed by atoms with Gasteiger partial charge in [-0.1, -0.05) is 5.16 Å². The molecule has 104 valence electrons. The first-order chi connectivity index (χ1) is 9.56. The lowest BCUT2D eigenvalue weighted by Gasteiger charge is -2.08. The molecule has 1 unspecified atom stereocenters. The first-order valence-electron chi connectivity index (χ1n) is 5.95. The van der Waals surface area contributed by atoms with Gasteiger partial charge >= 0.3 is 0 Å². The zero-order chi connectivity index (χ0) is 14.3. The maximum absolute atomic E-state index is 13.8. The summed E-state index contributed by atoms with van der Waals surface area (Å²) in [6, 6.07) is 4.83. The summed E-state index contributed by atoms with van der Waals surface area (Å²) in [5.41, 5.74) is 1.35. The van der Waals surface area contributed by atoms with Gasteiger partial charge in [0.2, 0.25) is 0 Å². The topological polar surface area (TPSA) is 43.9 Å². The van der Waals surface area contributed by atoms with Crippen molar-refractivity contribution < 1.29 is 8.91 Å². The summed E-state index contributed by atoms with van der Waals surface area (Å²) in [4.78, 5) is 4.47. The highest BCUT2D eigenvalue weighted by molar-refractivity contribution is 9.10. The Labute approximate surface area is 127 Å². The molecule has 1 atom stereocenters. The second kappa shape index (κ2) is 5.18. The van der Waals surface area contributed by atoms with Crippen LogP contribution in [0.5, 0.6) is 0 Å². The summed E-state index contributed by atoms with van der Waals surface area (Å²) >= 11 is 9.33. The van der Waals surface area contributed by atoms with Gasteiger partial charge in [0.15, 0.2) is 5.76 Å². The molecule has 0 spiro atoms. The van der Waals surface area contributed by atoms with E-state index in [1.807, 2.05) is 11.5 Å². The maximum atomic E-state index is 13.8. The summed E-state index contributed by atoms with van der Waals surface area (Å²) in [6.45, 7) is 2.23. The summed E-state index contributed by atoms with van der Waals surface area (Å²) in [5.74, 6) is 0.978. The monoisotopic (exact) mass is 357 g/mol. The SMILES string of the molecule is CC(Cl)c1nc2cc(Br)c(F)cc2n1Cc1ccno1. The van der Waals surface area contributed by atoms with E-state index in [1.54, 1.807) is 18.3 Å². The lowest BCUT2D eigenvalue weighted by molar-refractivity contribution is 0.376. The second-order valence-corrected chi connectivity index (χ2v) is 5.91. The van der Waals surface area contributed by atoms with Gasteiger partial charge in [-0.3, -0.25) is 0 Å². The third-order valence-electron chi connectivity index (χ3n) is 2.98. The fraction of sp³-hybridized carbons (Fsp3) is 0.231. The molecule has 3 rings (SSSR count). The Balaban J connectivity index is 2.20. The average molecular weight is 359 g/mol. The van der Waals surface area contributed by atoms with Crippen LogP contribution in [-0.2, 0) is 6.54 Å². The Bertz CT molecular complexity index is 755. The largest absolute Gasteiger partial charge is 0.359 e. The van der Waals surface area contributed by atoms with Crippen LogP contribution in [0.2, 0.25) is 0 Å². The van der Waals surface area contributed by atoms with Crippen LogP contribution in [-0.4, -0.2) is 14.7 Å². The molecule has 0 bridgehead atoms. The first-order valence-corrected chi connectivity index (χ1v) is 7.18. The van der Waals surface area contributed by atoms with E-state index in [4.69, 9.17) is 16.1 Å². The van der Waals surface area contributed by atoms with Gasteiger partial charge in [-0.15, -0.1) is 11.6 Å². The van der Waals surface area contributed by atoms with E-state index in [0.29, 0.717) is 33.6 Å². The van der Waals surface area contributed by atoms with Crippen molar-refractivity contribution in [1.29, 1.82) is 0 Å². The van der Waals surface area contributed by atoms with Crippen molar-refractivity contribution in [3.63, 3.8) is 0 Å². The van der Waals surface area contributed by atoms with Crippen molar-refractivity contribution in [2.75, 3.05) is 0 Å². The van der Waals surface area contributed by atoms with Gasteiger partial charge in [0, 0.05) is 12.1 Å². The fourth-order valence-electron chi connectivity index (χ4n) is 2.09. The average Bonchev–Trinajstić information content (AvgIpc) is 3.00. The number of hydrogen-bond donors (Lipinski definition) is 0. The quantitative estimate of drug-likeness (QED) is 0.657. The van der Waals surface area contributed by atoms with Crippen molar-refractivity contribution in [3.05, 3.63) is 46.3 Å². The smallest absolute Gasteiger partial charge is 0.156 e. The molecule has 0 N–H and O–H groups in total. The van der Waals surface area contributed by atoms with E-state index in [9.17, 15) is 4.39 Å². The highest BCUT2D eigenvalue weighted by Gasteiger charge is 2.18. The van der Waals surface area contributed by atoms with Crippen molar-refractivity contribution in [1.82, 2.24) is 14.7 Å². The number of halogens is 3. The van der Waals surface area contributed by atoms with Crippen LogP contribution in [0, 0.1) is 5.82 Å². The second-order valence-electron chi connectivity index (χ2n) is 4.41. The summed E-state index contributed by atoms with van der Waals surface area (Å²) in [7, 11) is 0. The molecule has 0 radical (unpaired) electrons. The number of aromatic nitrogens is 3. The number of alkyl halides is 1. The molecule has 20 heavy (non-hydrogen) atoms. The van der Waals surface area contributed by atoms with Crippen LogP contribution < -0.4 is 0 Å². The Kier molecular flexibility index (Phi) is 3.52. The normalized spacial score (nSPS) is 13.0. The van der Waals surface area contributed by atoms with Crippen molar-refractivity contribution in [3.8, 4) is 0 Å². The Morgan fingerprint density at radius 1 is 1.50 bits per heavy atom. The number of imidazole rings is 1. The zero-order valence-corrected chi connectivity index (χ0v) is 12.8. The molecule has 2 aromatic heterocycles. The molecule has 0 amide bonds. The lowest BCUT2D eigenvalue weighted by Crippen LogP contribution is -2.05. The maximum Gasteiger partial charge on any atom is 0.156 e. The molecule has 0 aliphatic rings. The molecule has 0 aliphatic heterocycles. The highest BCUT2D eigenvalue weighted by atomic mass is 79.9. The highest BCUT2D eigenvalue weighted by Crippen LogP contribution is 2.29. The molecule has 7 heteroatoms. The van der Waals surface area contributed by atoms with Gasteiger partial charge in [0.25, 0.3) is 0 Å². The number of hydrogen-bond acceptors (Lipinski definition) is 3. The van der Waals surface area contributed by atoms with Gasteiger partial charge in [-0.05, 0) is 28.9 Å². The van der Waals surface area contributed by atoms with Crippen molar-refractivity contribution in [2.45, 2.75) is 18.8 Å². The number of rotatable bonds is 3. The first kappa shape index (κ1) is 13.6. The molecule has 0 fully saturated rings. The van der Waals surface area contributed by atoms with E-state index < -0.39 is 0 Å². The Morgan fingerprint density at radius 3 is 2.95 bits per heavy atom. The van der Waals surface area contributed by atoms with Crippen LogP contribution in [0.1, 0.15) is 23.9 Å². The van der Waals surface area contributed by atoms with E-state index in [0.717, 1.165) is 0 Å². The molecule has 3 aromatic rings. The summed E-state index contributed by atoms with van der Waals surface area (Å²) in [5, 5.41) is 3.37.